The van der Waals surface area contributed by atoms with Crippen LogP contribution < -0.4 is 4.74 Å². The van der Waals surface area contributed by atoms with Gasteiger partial charge in [-0.3, -0.25) is 0 Å². The maximum atomic E-state index is 5.90. The molecule has 0 fully saturated rings. The predicted octanol–water partition coefficient (Wildman–Crippen LogP) is 2.88. The van der Waals surface area contributed by atoms with Crippen molar-refractivity contribution in [1.29, 1.82) is 0 Å². The highest BCUT2D eigenvalue weighted by Gasteiger charge is 2.06. The Bertz CT molecular complexity index is 557. The molecule has 0 spiro atoms. The summed E-state index contributed by atoms with van der Waals surface area (Å²) in [5.74, 6) is 3.23. The zero-order chi connectivity index (χ0) is 10.8. The van der Waals surface area contributed by atoms with Crippen LogP contribution in [0, 0.1) is 12.3 Å². The van der Waals surface area contributed by atoms with E-state index in [-0.39, 0.29) is 0 Å². The first-order valence-electron chi connectivity index (χ1n) is 4.36. The minimum absolute atomic E-state index is 0.346. The zero-order valence-corrected chi connectivity index (χ0v) is 8.88. The standard InChI is InChI=1S/C12H8ClNO/c1-3-8-7-9-10(14-12(8)13)5-4-6-11(9)15-2/h1,4-7H,2H3. The fourth-order valence-electron chi connectivity index (χ4n) is 1.42. The smallest absolute Gasteiger partial charge is 0.145 e. The summed E-state index contributed by atoms with van der Waals surface area (Å²) in [4.78, 5) is 4.20. The Hall–Kier alpha value is -1.72. The molecule has 0 amide bonds. The minimum Gasteiger partial charge on any atom is -0.496 e. The second kappa shape index (κ2) is 3.80. The molecule has 2 rings (SSSR count). The first-order chi connectivity index (χ1) is 7.26. The molecule has 0 radical (unpaired) electrons. The van der Waals surface area contributed by atoms with Crippen LogP contribution in [0.5, 0.6) is 5.75 Å². The van der Waals surface area contributed by atoms with Crippen LogP contribution in [0.3, 0.4) is 0 Å². The van der Waals surface area contributed by atoms with Crippen LogP contribution in [0.4, 0.5) is 0 Å². The number of nitrogens with zero attached hydrogens (tertiary/aromatic N) is 1. The average Bonchev–Trinajstić information content (AvgIpc) is 2.27. The van der Waals surface area contributed by atoms with Crippen molar-refractivity contribution in [2.75, 3.05) is 7.11 Å². The van der Waals surface area contributed by atoms with E-state index in [1.807, 2.05) is 24.3 Å². The van der Waals surface area contributed by atoms with Crippen LogP contribution in [0.15, 0.2) is 24.3 Å². The van der Waals surface area contributed by atoms with E-state index in [9.17, 15) is 0 Å². The van der Waals surface area contributed by atoms with E-state index in [0.29, 0.717) is 10.7 Å². The highest BCUT2D eigenvalue weighted by molar-refractivity contribution is 6.31. The Balaban J connectivity index is 2.83. The van der Waals surface area contributed by atoms with E-state index >= 15 is 0 Å². The predicted molar refractivity (Wildman–Crippen MR) is 61.2 cm³/mol. The number of hydrogen-bond donors (Lipinski definition) is 0. The van der Waals surface area contributed by atoms with Crippen LogP contribution >= 0.6 is 11.6 Å². The van der Waals surface area contributed by atoms with Gasteiger partial charge < -0.3 is 4.74 Å². The summed E-state index contributed by atoms with van der Waals surface area (Å²) in [6.07, 6.45) is 5.32. The van der Waals surface area contributed by atoms with Gasteiger partial charge in [-0.2, -0.15) is 0 Å². The van der Waals surface area contributed by atoms with Gasteiger partial charge in [-0.1, -0.05) is 23.6 Å². The quantitative estimate of drug-likeness (QED) is 0.541. The van der Waals surface area contributed by atoms with Crippen LogP contribution in [0.25, 0.3) is 10.9 Å². The number of hydrogen-bond acceptors (Lipinski definition) is 2. The van der Waals surface area contributed by atoms with Gasteiger partial charge in [0, 0.05) is 5.39 Å². The largest absolute Gasteiger partial charge is 0.496 e. The van der Waals surface area contributed by atoms with E-state index in [4.69, 9.17) is 22.8 Å². The minimum atomic E-state index is 0.346. The molecule has 0 unspecified atom stereocenters. The summed E-state index contributed by atoms with van der Waals surface area (Å²) < 4.78 is 5.22. The van der Waals surface area contributed by atoms with Gasteiger partial charge >= 0.3 is 0 Å². The molecule has 74 valence electrons. The highest BCUT2D eigenvalue weighted by atomic mass is 35.5. The number of aromatic nitrogens is 1. The molecule has 0 N–H and O–H groups in total. The van der Waals surface area contributed by atoms with E-state index in [2.05, 4.69) is 10.9 Å². The second-order valence-corrected chi connectivity index (χ2v) is 3.36. The average molecular weight is 218 g/mol. The fraction of sp³-hybridized carbons (Fsp3) is 0.0833. The first-order valence-corrected chi connectivity index (χ1v) is 4.74. The fourth-order valence-corrected chi connectivity index (χ4v) is 1.62. The van der Waals surface area contributed by atoms with Gasteiger partial charge in [0.25, 0.3) is 0 Å². The second-order valence-electron chi connectivity index (χ2n) is 3.00. The summed E-state index contributed by atoms with van der Waals surface area (Å²) in [6.45, 7) is 0. The molecular weight excluding hydrogens is 210 g/mol. The summed E-state index contributed by atoms with van der Waals surface area (Å²) in [5, 5.41) is 1.22. The third-order valence-electron chi connectivity index (χ3n) is 2.15. The van der Waals surface area contributed by atoms with E-state index < -0.39 is 0 Å². The molecule has 0 aliphatic rings. The van der Waals surface area contributed by atoms with Gasteiger partial charge in [0.2, 0.25) is 0 Å². The SMILES string of the molecule is C#Cc1cc2c(OC)cccc2nc1Cl. The van der Waals surface area contributed by atoms with Crippen molar-refractivity contribution in [3.05, 3.63) is 35.0 Å². The molecular formula is C12H8ClNO. The summed E-state index contributed by atoms with van der Waals surface area (Å²) >= 11 is 5.90. The van der Waals surface area contributed by atoms with Gasteiger partial charge in [-0.25, -0.2) is 4.98 Å². The van der Waals surface area contributed by atoms with Crippen molar-refractivity contribution in [3.63, 3.8) is 0 Å². The number of pyridine rings is 1. The topological polar surface area (TPSA) is 22.1 Å². The van der Waals surface area contributed by atoms with Crippen molar-refractivity contribution >= 4 is 22.5 Å². The molecule has 0 saturated carbocycles. The monoisotopic (exact) mass is 217 g/mol. The Morgan fingerprint density at radius 1 is 1.47 bits per heavy atom. The van der Waals surface area contributed by atoms with Crippen molar-refractivity contribution in [1.82, 2.24) is 4.98 Å². The van der Waals surface area contributed by atoms with E-state index in [0.717, 1.165) is 16.7 Å². The van der Waals surface area contributed by atoms with Gasteiger partial charge in [-0.05, 0) is 18.2 Å². The van der Waals surface area contributed by atoms with Gasteiger partial charge in [-0.15, -0.1) is 6.42 Å². The van der Waals surface area contributed by atoms with Gasteiger partial charge in [0.15, 0.2) is 0 Å². The number of methoxy groups -OCH3 is 1. The van der Waals surface area contributed by atoms with E-state index in [1.54, 1.807) is 7.11 Å². The molecule has 0 atom stereocenters. The maximum Gasteiger partial charge on any atom is 0.145 e. The number of fused-ring (bicyclic) bond motifs is 1. The molecule has 0 aliphatic heterocycles. The lowest BCUT2D eigenvalue weighted by molar-refractivity contribution is 0.420. The van der Waals surface area contributed by atoms with Crippen molar-refractivity contribution in [2.45, 2.75) is 0 Å². The molecule has 2 nitrogen and oxygen atoms in total. The number of halogens is 1. The Morgan fingerprint density at radius 2 is 2.27 bits per heavy atom. The summed E-state index contributed by atoms with van der Waals surface area (Å²) in [6, 6.07) is 7.39. The van der Waals surface area contributed by atoms with Crippen LogP contribution in [-0.2, 0) is 0 Å². The molecule has 0 aliphatic carbocycles. The normalized spacial score (nSPS) is 9.93. The molecule has 0 saturated heterocycles. The molecule has 1 heterocycles. The number of rotatable bonds is 1. The molecule has 1 aromatic heterocycles. The van der Waals surface area contributed by atoms with Gasteiger partial charge in [0.05, 0.1) is 18.2 Å². The Labute approximate surface area is 92.8 Å². The van der Waals surface area contributed by atoms with Gasteiger partial charge in [0.1, 0.15) is 10.9 Å². The number of ether oxygens (including phenoxy) is 1. The van der Waals surface area contributed by atoms with Crippen LogP contribution in [-0.4, -0.2) is 12.1 Å². The highest BCUT2D eigenvalue weighted by Crippen LogP contribution is 2.27. The Morgan fingerprint density at radius 3 is 2.93 bits per heavy atom. The third kappa shape index (κ3) is 1.62. The first kappa shape index (κ1) is 9.82. The molecule has 1 aromatic carbocycles. The lowest BCUT2D eigenvalue weighted by atomic mass is 10.1. The Kier molecular flexibility index (Phi) is 2.49. The number of terminal acetylenes is 1. The van der Waals surface area contributed by atoms with Crippen molar-refractivity contribution in [3.8, 4) is 18.1 Å². The molecule has 15 heavy (non-hydrogen) atoms. The lowest BCUT2D eigenvalue weighted by Crippen LogP contribution is -1.89. The zero-order valence-electron chi connectivity index (χ0n) is 8.12. The van der Waals surface area contributed by atoms with E-state index in [1.165, 1.54) is 0 Å². The molecule has 3 heteroatoms. The molecule has 2 aromatic rings. The summed E-state index contributed by atoms with van der Waals surface area (Å²) in [7, 11) is 1.61. The van der Waals surface area contributed by atoms with Crippen molar-refractivity contribution in [2.24, 2.45) is 0 Å². The van der Waals surface area contributed by atoms with Crippen molar-refractivity contribution < 1.29 is 4.74 Å². The third-order valence-corrected chi connectivity index (χ3v) is 2.44. The van der Waals surface area contributed by atoms with Crippen LogP contribution in [0.2, 0.25) is 5.15 Å². The lowest BCUT2D eigenvalue weighted by Gasteiger charge is -2.05. The molecule has 0 bridgehead atoms. The maximum absolute atomic E-state index is 5.90. The summed E-state index contributed by atoms with van der Waals surface area (Å²) in [5.41, 5.74) is 1.35. The number of benzene rings is 1. The van der Waals surface area contributed by atoms with Crippen LogP contribution in [0.1, 0.15) is 5.56 Å².